The van der Waals surface area contributed by atoms with Crippen molar-refractivity contribution in [1.82, 2.24) is 5.32 Å². The monoisotopic (exact) mass is 267 g/mol. The molecular weight excluding hydrogens is 242 g/mol. The van der Waals surface area contributed by atoms with Crippen molar-refractivity contribution in [2.45, 2.75) is 64.8 Å². The van der Waals surface area contributed by atoms with Gasteiger partial charge in [-0.1, -0.05) is 44.7 Å². The largest absolute Gasteiger partial charge is 0.409 e. The van der Waals surface area contributed by atoms with Gasteiger partial charge in [-0.25, -0.2) is 0 Å². The average molecular weight is 267 g/mol. The summed E-state index contributed by atoms with van der Waals surface area (Å²) in [5.74, 6) is 0.0191. The molecule has 2 rings (SSSR count). The van der Waals surface area contributed by atoms with Gasteiger partial charge in [0, 0.05) is 6.04 Å². The zero-order valence-electron chi connectivity index (χ0n) is 11.9. The summed E-state index contributed by atoms with van der Waals surface area (Å²) in [5.41, 5.74) is 5.24. The van der Waals surface area contributed by atoms with E-state index in [-0.39, 0.29) is 23.2 Å². The topological polar surface area (TPSA) is 87.7 Å². The van der Waals surface area contributed by atoms with Crippen LogP contribution in [0, 0.1) is 10.8 Å². The lowest BCUT2D eigenvalue weighted by Crippen LogP contribution is -2.50. The Hall–Kier alpha value is -1.26. The van der Waals surface area contributed by atoms with Crippen molar-refractivity contribution in [3.63, 3.8) is 0 Å². The molecule has 0 heterocycles. The molecule has 0 aromatic rings. The van der Waals surface area contributed by atoms with E-state index in [1.807, 2.05) is 0 Å². The van der Waals surface area contributed by atoms with E-state index in [0.717, 1.165) is 32.1 Å². The van der Waals surface area contributed by atoms with Gasteiger partial charge in [-0.15, -0.1) is 0 Å². The maximum Gasteiger partial charge on any atom is 0.234 e. The molecule has 5 nitrogen and oxygen atoms in total. The Morgan fingerprint density at radius 1 is 1.26 bits per heavy atom. The second-order valence-electron chi connectivity index (χ2n) is 6.70. The lowest BCUT2D eigenvalue weighted by atomic mass is 9.78. The van der Waals surface area contributed by atoms with Gasteiger partial charge < -0.3 is 16.3 Å². The van der Waals surface area contributed by atoms with Crippen LogP contribution in [0.5, 0.6) is 0 Å². The summed E-state index contributed by atoms with van der Waals surface area (Å²) >= 11 is 0. The van der Waals surface area contributed by atoms with Gasteiger partial charge in [0.2, 0.25) is 5.91 Å². The van der Waals surface area contributed by atoms with Gasteiger partial charge in [0.25, 0.3) is 0 Å². The minimum Gasteiger partial charge on any atom is -0.409 e. The summed E-state index contributed by atoms with van der Waals surface area (Å²) < 4.78 is 0. The highest BCUT2D eigenvalue weighted by atomic mass is 16.4. The molecule has 0 saturated heterocycles. The molecule has 2 saturated carbocycles. The fourth-order valence-corrected chi connectivity index (χ4v) is 3.04. The fourth-order valence-electron chi connectivity index (χ4n) is 3.04. The van der Waals surface area contributed by atoms with Gasteiger partial charge in [0.15, 0.2) is 5.84 Å². The second kappa shape index (κ2) is 5.02. The summed E-state index contributed by atoms with van der Waals surface area (Å²) in [6.07, 6.45) is 6.51. The van der Waals surface area contributed by atoms with E-state index in [2.05, 4.69) is 24.3 Å². The van der Waals surface area contributed by atoms with Crippen LogP contribution in [-0.4, -0.2) is 23.0 Å². The number of hydrogen-bond acceptors (Lipinski definition) is 3. The van der Waals surface area contributed by atoms with Crippen molar-refractivity contribution < 1.29 is 10.0 Å². The highest BCUT2D eigenvalue weighted by molar-refractivity contribution is 6.07. The first-order valence-electron chi connectivity index (χ1n) is 7.21. The number of nitrogens with zero attached hydrogens (tertiary/aromatic N) is 1. The van der Waals surface area contributed by atoms with Crippen LogP contribution in [0.4, 0.5) is 0 Å². The SMILES string of the molecule is CC1(C)CC1NC(=O)C1(C(N)=NO)CCCCCC1. The third-order valence-electron chi connectivity index (χ3n) is 4.81. The van der Waals surface area contributed by atoms with E-state index in [1.54, 1.807) is 0 Å². The third-order valence-corrected chi connectivity index (χ3v) is 4.81. The van der Waals surface area contributed by atoms with Crippen molar-refractivity contribution >= 4 is 11.7 Å². The first-order chi connectivity index (χ1) is 8.92. The molecule has 0 aromatic heterocycles. The standard InChI is InChI=1S/C14H25N3O2/c1-13(2)9-10(13)16-12(18)14(11(15)17-19)7-5-3-4-6-8-14/h10,19H,3-9H2,1-2H3,(H2,15,17)(H,16,18). The summed E-state index contributed by atoms with van der Waals surface area (Å²) in [6, 6.07) is 0.228. The molecule has 19 heavy (non-hydrogen) atoms. The fraction of sp³-hybridized carbons (Fsp3) is 0.857. The number of carbonyl (C=O) groups excluding carboxylic acids is 1. The predicted molar refractivity (Wildman–Crippen MR) is 73.9 cm³/mol. The zero-order chi connectivity index (χ0) is 14.1. The third kappa shape index (κ3) is 2.69. The van der Waals surface area contributed by atoms with Gasteiger partial charge in [0.1, 0.15) is 5.41 Å². The molecule has 0 aliphatic heterocycles. The molecule has 2 aliphatic rings. The van der Waals surface area contributed by atoms with E-state index in [4.69, 9.17) is 10.9 Å². The van der Waals surface area contributed by atoms with E-state index in [1.165, 1.54) is 0 Å². The first-order valence-corrected chi connectivity index (χ1v) is 7.21. The number of rotatable bonds is 3. The molecule has 0 spiro atoms. The quantitative estimate of drug-likeness (QED) is 0.240. The van der Waals surface area contributed by atoms with Crippen molar-refractivity contribution in [3.8, 4) is 0 Å². The van der Waals surface area contributed by atoms with Gasteiger partial charge in [-0.2, -0.15) is 0 Å². The minimum absolute atomic E-state index is 0.0553. The Labute approximate surface area is 114 Å². The van der Waals surface area contributed by atoms with Crippen LogP contribution in [0.15, 0.2) is 5.16 Å². The van der Waals surface area contributed by atoms with E-state index in [0.29, 0.717) is 12.8 Å². The van der Waals surface area contributed by atoms with Gasteiger partial charge >= 0.3 is 0 Å². The lowest BCUT2D eigenvalue weighted by Gasteiger charge is -2.30. The molecule has 0 bridgehead atoms. The number of carbonyl (C=O) groups is 1. The summed E-state index contributed by atoms with van der Waals surface area (Å²) in [6.45, 7) is 4.28. The Morgan fingerprint density at radius 3 is 2.21 bits per heavy atom. The van der Waals surface area contributed by atoms with Gasteiger partial charge in [-0.05, 0) is 24.7 Å². The Balaban J connectivity index is 2.15. The molecule has 108 valence electrons. The maximum atomic E-state index is 12.6. The van der Waals surface area contributed by atoms with E-state index >= 15 is 0 Å². The number of nitrogens with one attached hydrogen (secondary N) is 1. The van der Waals surface area contributed by atoms with Crippen LogP contribution < -0.4 is 11.1 Å². The second-order valence-corrected chi connectivity index (χ2v) is 6.70. The predicted octanol–water partition coefficient (Wildman–Crippen LogP) is 1.99. The van der Waals surface area contributed by atoms with Crippen LogP contribution in [0.2, 0.25) is 0 Å². The van der Waals surface area contributed by atoms with Crippen LogP contribution in [0.25, 0.3) is 0 Å². The molecule has 4 N–H and O–H groups in total. The number of amidine groups is 1. The molecule has 5 heteroatoms. The molecule has 0 radical (unpaired) electrons. The molecule has 1 atom stereocenters. The molecule has 1 amide bonds. The van der Waals surface area contributed by atoms with Crippen molar-refractivity contribution in [2.75, 3.05) is 0 Å². The van der Waals surface area contributed by atoms with E-state index in [9.17, 15) is 4.79 Å². The minimum atomic E-state index is -0.802. The van der Waals surface area contributed by atoms with Gasteiger partial charge in [0.05, 0.1) is 0 Å². The molecule has 0 aromatic carbocycles. The lowest BCUT2D eigenvalue weighted by molar-refractivity contribution is -0.128. The molecule has 2 aliphatic carbocycles. The number of nitrogens with two attached hydrogens (primary N) is 1. The van der Waals surface area contributed by atoms with Crippen LogP contribution in [0.1, 0.15) is 58.8 Å². The smallest absolute Gasteiger partial charge is 0.234 e. The number of oxime groups is 1. The number of hydrogen-bond donors (Lipinski definition) is 3. The normalized spacial score (nSPS) is 29.4. The molecule has 2 fully saturated rings. The zero-order valence-corrected chi connectivity index (χ0v) is 11.9. The Bertz CT molecular complexity index is 382. The van der Waals surface area contributed by atoms with Crippen molar-refractivity contribution in [2.24, 2.45) is 21.7 Å². The molecular formula is C14H25N3O2. The summed E-state index contributed by atoms with van der Waals surface area (Å²) in [4.78, 5) is 12.6. The van der Waals surface area contributed by atoms with Crippen LogP contribution in [-0.2, 0) is 4.79 Å². The van der Waals surface area contributed by atoms with Crippen molar-refractivity contribution in [1.29, 1.82) is 0 Å². The Morgan fingerprint density at radius 2 is 1.79 bits per heavy atom. The van der Waals surface area contributed by atoms with Gasteiger partial charge in [-0.3, -0.25) is 4.79 Å². The average Bonchev–Trinajstić information content (AvgIpc) is 3.04. The molecule has 1 unspecified atom stereocenters. The highest BCUT2D eigenvalue weighted by Crippen LogP contribution is 2.46. The number of amides is 1. The summed E-state index contributed by atoms with van der Waals surface area (Å²) in [7, 11) is 0. The summed E-state index contributed by atoms with van der Waals surface area (Å²) in [5, 5.41) is 15.3. The highest BCUT2D eigenvalue weighted by Gasteiger charge is 2.50. The van der Waals surface area contributed by atoms with Crippen LogP contribution >= 0.6 is 0 Å². The first kappa shape index (κ1) is 14.2. The Kier molecular flexibility index (Phi) is 3.74. The van der Waals surface area contributed by atoms with E-state index < -0.39 is 5.41 Å². The maximum absolute atomic E-state index is 12.6. The van der Waals surface area contributed by atoms with Crippen LogP contribution in [0.3, 0.4) is 0 Å². The van der Waals surface area contributed by atoms with Crippen molar-refractivity contribution in [3.05, 3.63) is 0 Å².